The van der Waals surface area contributed by atoms with Crippen molar-refractivity contribution in [2.45, 2.75) is 84.0 Å². The molecule has 0 aliphatic heterocycles. The highest BCUT2D eigenvalue weighted by atomic mass is 16.5. The van der Waals surface area contributed by atoms with Gasteiger partial charge in [-0.2, -0.15) is 0 Å². The minimum atomic E-state index is -0.0790. The van der Waals surface area contributed by atoms with E-state index in [9.17, 15) is 4.79 Å². The molecule has 0 radical (unpaired) electrons. The Morgan fingerprint density at radius 2 is 1.29 bits per heavy atom. The first-order valence-electron chi connectivity index (χ1n) is 8.68. The molecular weight excluding hydrogens is 260 g/mol. The standard InChI is InChI=1S/C19H34O2/c1-3-4-5-6-7-8-9-10-11-12-13-14-15-16-17-18-19(20)21-2/h5-6,9-10H,3-4,7-8,11-18H2,1-2H3/b6-5-,10-9-. The molecule has 2 nitrogen and oxygen atoms in total. The number of rotatable bonds is 14. The smallest absolute Gasteiger partial charge is 0.305 e. The quantitative estimate of drug-likeness (QED) is 0.224. The Kier molecular flexibility index (Phi) is 16.2. The average Bonchev–Trinajstić information content (AvgIpc) is 2.50. The van der Waals surface area contributed by atoms with Crippen molar-refractivity contribution >= 4 is 5.97 Å². The fourth-order valence-corrected chi connectivity index (χ4v) is 2.17. The summed E-state index contributed by atoms with van der Waals surface area (Å²) in [5, 5.41) is 0. The van der Waals surface area contributed by atoms with Gasteiger partial charge in [0.1, 0.15) is 0 Å². The molecule has 0 heterocycles. The zero-order valence-corrected chi connectivity index (χ0v) is 14.1. The largest absolute Gasteiger partial charge is 0.469 e. The fraction of sp³-hybridized carbons (Fsp3) is 0.737. The second-order valence-electron chi connectivity index (χ2n) is 5.54. The maximum absolute atomic E-state index is 10.9. The van der Waals surface area contributed by atoms with E-state index in [-0.39, 0.29) is 5.97 Å². The van der Waals surface area contributed by atoms with Crippen molar-refractivity contribution in [1.82, 2.24) is 0 Å². The van der Waals surface area contributed by atoms with Crippen LogP contribution in [0.1, 0.15) is 84.0 Å². The van der Waals surface area contributed by atoms with E-state index in [1.165, 1.54) is 64.9 Å². The molecule has 0 aromatic heterocycles. The third-order valence-electron chi connectivity index (χ3n) is 3.52. The monoisotopic (exact) mass is 294 g/mol. The number of carbonyl (C=O) groups excluding carboxylic acids is 1. The molecule has 21 heavy (non-hydrogen) atoms. The van der Waals surface area contributed by atoms with Crippen LogP contribution in [0.3, 0.4) is 0 Å². The van der Waals surface area contributed by atoms with Crippen LogP contribution in [0.25, 0.3) is 0 Å². The third-order valence-corrected chi connectivity index (χ3v) is 3.52. The highest BCUT2D eigenvalue weighted by molar-refractivity contribution is 5.68. The highest BCUT2D eigenvalue weighted by Crippen LogP contribution is 2.09. The van der Waals surface area contributed by atoms with Gasteiger partial charge in [0.05, 0.1) is 7.11 Å². The van der Waals surface area contributed by atoms with E-state index in [2.05, 4.69) is 36.0 Å². The van der Waals surface area contributed by atoms with Crippen LogP contribution >= 0.6 is 0 Å². The van der Waals surface area contributed by atoms with Gasteiger partial charge in [-0.05, 0) is 38.5 Å². The van der Waals surface area contributed by atoms with Crippen molar-refractivity contribution < 1.29 is 9.53 Å². The van der Waals surface area contributed by atoms with E-state index in [0.717, 1.165) is 12.8 Å². The van der Waals surface area contributed by atoms with Crippen molar-refractivity contribution in [3.8, 4) is 0 Å². The van der Waals surface area contributed by atoms with Crippen molar-refractivity contribution in [3.63, 3.8) is 0 Å². The van der Waals surface area contributed by atoms with Gasteiger partial charge in [-0.25, -0.2) is 0 Å². The number of unbranched alkanes of at least 4 members (excludes halogenated alkanes) is 8. The predicted octanol–water partition coefficient (Wildman–Crippen LogP) is 5.97. The Balaban J connectivity index is 3.16. The number of hydrogen-bond acceptors (Lipinski definition) is 2. The van der Waals surface area contributed by atoms with Crippen LogP contribution in [-0.4, -0.2) is 13.1 Å². The first kappa shape index (κ1) is 19.9. The van der Waals surface area contributed by atoms with Crippen LogP contribution in [0.4, 0.5) is 0 Å². The van der Waals surface area contributed by atoms with Crippen LogP contribution in [-0.2, 0) is 9.53 Å². The summed E-state index contributed by atoms with van der Waals surface area (Å²) in [5.41, 5.74) is 0. The minimum Gasteiger partial charge on any atom is -0.469 e. The number of carbonyl (C=O) groups is 1. The number of allylic oxidation sites excluding steroid dienone is 4. The van der Waals surface area contributed by atoms with Crippen LogP contribution in [0.5, 0.6) is 0 Å². The van der Waals surface area contributed by atoms with Crippen LogP contribution in [0.15, 0.2) is 24.3 Å². The Morgan fingerprint density at radius 3 is 1.90 bits per heavy atom. The van der Waals surface area contributed by atoms with Crippen LogP contribution < -0.4 is 0 Å². The van der Waals surface area contributed by atoms with Gasteiger partial charge in [0.2, 0.25) is 0 Å². The number of ether oxygens (including phenoxy) is 1. The molecule has 0 aromatic rings. The molecule has 0 aromatic carbocycles. The van der Waals surface area contributed by atoms with Crippen LogP contribution in [0, 0.1) is 0 Å². The van der Waals surface area contributed by atoms with Gasteiger partial charge in [0, 0.05) is 6.42 Å². The normalized spacial score (nSPS) is 11.5. The van der Waals surface area contributed by atoms with E-state index in [1.54, 1.807) is 0 Å². The van der Waals surface area contributed by atoms with Gasteiger partial charge in [-0.15, -0.1) is 0 Å². The summed E-state index contributed by atoms with van der Waals surface area (Å²) in [6.07, 6.45) is 23.0. The van der Waals surface area contributed by atoms with Crippen molar-refractivity contribution in [2.75, 3.05) is 7.11 Å². The molecule has 0 rings (SSSR count). The first-order chi connectivity index (χ1) is 10.3. The lowest BCUT2D eigenvalue weighted by Gasteiger charge is -2.00. The van der Waals surface area contributed by atoms with E-state index < -0.39 is 0 Å². The zero-order chi connectivity index (χ0) is 15.6. The van der Waals surface area contributed by atoms with Gasteiger partial charge in [0.15, 0.2) is 0 Å². The number of methoxy groups -OCH3 is 1. The average molecular weight is 294 g/mol. The second-order valence-corrected chi connectivity index (χ2v) is 5.54. The third kappa shape index (κ3) is 16.9. The Morgan fingerprint density at radius 1 is 0.762 bits per heavy atom. The highest BCUT2D eigenvalue weighted by Gasteiger charge is 1.98. The Bertz CT molecular complexity index is 279. The predicted molar refractivity (Wildman–Crippen MR) is 91.4 cm³/mol. The molecule has 0 aliphatic rings. The van der Waals surface area contributed by atoms with E-state index in [4.69, 9.17) is 0 Å². The number of esters is 1. The molecule has 0 N–H and O–H groups in total. The maximum atomic E-state index is 10.9. The van der Waals surface area contributed by atoms with E-state index in [0.29, 0.717) is 6.42 Å². The molecule has 0 saturated carbocycles. The summed E-state index contributed by atoms with van der Waals surface area (Å²) in [7, 11) is 1.46. The lowest BCUT2D eigenvalue weighted by atomic mass is 10.1. The summed E-state index contributed by atoms with van der Waals surface area (Å²) in [4.78, 5) is 10.9. The lowest BCUT2D eigenvalue weighted by Crippen LogP contribution is -1.99. The molecule has 0 aliphatic carbocycles. The van der Waals surface area contributed by atoms with Gasteiger partial charge >= 0.3 is 5.97 Å². The lowest BCUT2D eigenvalue weighted by molar-refractivity contribution is -0.140. The Labute approximate surface area is 131 Å². The van der Waals surface area contributed by atoms with E-state index in [1.807, 2.05) is 0 Å². The van der Waals surface area contributed by atoms with Crippen LogP contribution in [0.2, 0.25) is 0 Å². The van der Waals surface area contributed by atoms with Gasteiger partial charge < -0.3 is 4.74 Å². The fourth-order valence-electron chi connectivity index (χ4n) is 2.17. The molecule has 0 atom stereocenters. The molecule has 0 saturated heterocycles. The summed E-state index contributed by atoms with van der Waals surface area (Å²) < 4.78 is 4.62. The topological polar surface area (TPSA) is 26.3 Å². The molecule has 0 amide bonds. The SMILES string of the molecule is CCC/C=C\CC/C=C\CCCCCCCCC(=O)OC. The molecular formula is C19H34O2. The van der Waals surface area contributed by atoms with Crippen molar-refractivity contribution in [1.29, 1.82) is 0 Å². The molecule has 0 spiro atoms. The Hall–Kier alpha value is -1.05. The van der Waals surface area contributed by atoms with E-state index >= 15 is 0 Å². The number of hydrogen-bond donors (Lipinski definition) is 0. The zero-order valence-electron chi connectivity index (χ0n) is 14.1. The van der Waals surface area contributed by atoms with Gasteiger partial charge in [-0.1, -0.05) is 63.3 Å². The molecule has 0 fully saturated rings. The van der Waals surface area contributed by atoms with Gasteiger partial charge in [0.25, 0.3) is 0 Å². The minimum absolute atomic E-state index is 0.0790. The molecule has 2 heteroatoms. The first-order valence-corrected chi connectivity index (χ1v) is 8.68. The molecule has 122 valence electrons. The summed E-state index contributed by atoms with van der Waals surface area (Å²) in [5.74, 6) is -0.0790. The maximum Gasteiger partial charge on any atom is 0.305 e. The second kappa shape index (κ2) is 17.0. The van der Waals surface area contributed by atoms with Crippen molar-refractivity contribution in [3.05, 3.63) is 24.3 Å². The molecule has 0 bridgehead atoms. The summed E-state index contributed by atoms with van der Waals surface area (Å²) in [6, 6.07) is 0. The summed E-state index contributed by atoms with van der Waals surface area (Å²) in [6.45, 7) is 2.21. The molecule has 0 unspecified atom stereocenters. The van der Waals surface area contributed by atoms with Crippen molar-refractivity contribution in [2.24, 2.45) is 0 Å². The van der Waals surface area contributed by atoms with Gasteiger partial charge in [-0.3, -0.25) is 4.79 Å². The summed E-state index contributed by atoms with van der Waals surface area (Å²) >= 11 is 0.